The Morgan fingerprint density at radius 1 is 1.18 bits per heavy atom. The van der Waals surface area contributed by atoms with E-state index in [1.807, 2.05) is 42.5 Å². The van der Waals surface area contributed by atoms with Crippen molar-refractivity contribution < 1.29 is 9.47 Å². The molecule has 2 heterocycles. The number of pyridine rings is 1. The highest BCUT2D eigenvalue weighted by atomic mass is 16.6. The van der Waals surface area contributed by atoms with Crippen molar-refractivity contribution in [2.24, 2.45) is 0 Å². The molecule has 1 aliphatic rings. The van der Waals surface area contributed by atoms with Crippen LogP contribution in [0.2, 0.25) is 0 Å². The van der Waals surface area contributed by atoms with Gasteiger partial charge in [-0.15, -0.1) is 0 Å². The van der Waals surface area contributed by atoms with Crippen LogP contribution < -0.4 is 4.74 Å². The molecule has 1 saturated heterocycles. The van der Waals surface area contributed by atoms with Crippen molar-refractivity contribution in [3.63, 3.8) is 0 Å². The van der Waals surface area contributed by atoms with E-state index in [1.165, 1.54) is 0 Å². The second-order valence-corrected chi connectivity index (χ2v) is 4.02. The largest absolute Gasteiger partial charge is 0.487 e. The molecular weight excluding hydrogens is 214 g/mol. The van der Waals surface area contributed by atoms with E-state index < -0.39 is 0 Å². The first-order valence-electron chi connectivity index (χ1n) is 5.66. The minimum atomic E-state index is 0.207. The maximum Gasteiger partial charge on any atom is 0.138 e. The molecule has 1 aromatic heterocycles. The molecule has 3 heteroatoms. The fourth-order valence-corrected chi connectivity index (χ4v) is 1.63. The zero-order chi connectivity index (χ0) is 11.5. The highest BCUT2D eigenvalue weighted by molar-refractivity contribution is 5.23. The third-order valence-electron chi connectivity index (χ3n) is 2.67. The molecule has 0 spiro atoms. The number of hydrogen-bond donors (Lipinski definition) is 0. The van der Waals surface area contributed by atoms with E-state index in [1.54, 1.807) is 6.20 Å². The lowest BCUT2D eigenvalue weighted by Gasteiger charge is -2.06. The molecule has 0 unspecified atom stereocenters. The van der Waals surface area contributed by atoms with Crippen LogP contribution in [0.4, 0.5) is 0 Å². The van der Waals surface area contributed by atoms with Crippen molar-refractivity contribution in [3.05, 3.63) is 59.9 Å². The second-order valence-electron chi connectivity index (χ2n) is 4.02. The molecule has 0 N–H and O–H groups in total. The number of nitrogens with zero attached hydrogens (tertiary/aromatic N) is 1. The van der Waals surface area contributed by atoms with Crippen molar-refractivity contribution in [2.45, 2.75) is 12.7 Å². The summed E-state index contributed by atoms with van der Waals surface area (Å²) >= 11 is 0. The predicted octanol–water partition coefficient (Wildman–Crippen LogP) is 2.73. The second kappa shape index (κ2) is 4.55. The van der Waals surface area contributed by atoms with Crippen LogP contribution in [0.1, 0.15) is 17.4 Å². The lowest BCUT2D eigenvalue weighted by molar-refractivity contribution is 0.304. The van der Waals surface area contributed by atoms with Gasteiger partial charge in [-0.3, -0.25) is 4.98 Å². The van der Waals surface area contributed by atoms with Crippen LogP contribution in [0.15, 0.2) is 48.7 Å². The van der Waals surface area contributed by atoms with Gasteiger partial charge in [-0.25, -0.2) is 0 Å². The Hall–Kier alpha value is -1.87. The molecule has 0 radical (unpaired) electrons. The van der Waals surface area contributed by atoms with E-state index in [4.69, 9.17) is 9.47 Å². The summed E-state index contributed by atoms with van der Waals surface area (Å²) in [6.45, 7) is 1.36. The van der Waals surface area contributed by atoms with Crippen molar-refractivity contribution in [1.29, 1.82) is 0 Å². The predicted molar refractivity (Wildman–Crippen MR) is 63.7 cm³/mol. The normalized spacial score (nSPS) is 17.8. The molecule has 0 amide bonds. The van der Waals surface area contributed by atoms with Crippen molar-refractivity contribution >= 4 is 0 Å². The highest BCUT2D eigenvalue weighted by Crippen LogP contribution is 2.28. The summed E-state index contributed by atoms with van der Waals surface area (Å²) in [5.41, 5.74) is 2.14. The Bertz CT molecular complexity index is 477. The molecule has 0 bridgehead atoms. The molecule has 1 atom stereocenters. The maximum absolute atomic E-state index is 5.64. The summed E-state index contributed by atoms with van der Waals surface area (Å²) in [6.07, 6.45) is 1.96. The van der Waals surface area contributed by atoms with Gasteiger partial charge in [0.1, 0.15) is 18.5 Å². The lowest BCUT2D eigenvalue weighted by atomic mass is 10.2. The smallest absolute Gasteiger partial charge is 0.138 e. The minimum Gasteiger partial charge on any atom is -0.487 e. The lowest BCUT2D eigenvalue weighted by Crippen LogP contribution is -1.96. The molecular formula is C14H13NO2. The minimum absolute atomic E-state index is 0.207. The van der Waals surface area contributed by atoms with Gasteiger partial charge in [0.2, 0.25) is 0 Å². The quantitative estimate of drug-likeness (QED) is 0.753. The van der Waals surface area contributed by atoms with Crippen LogP contribution in [-0.2, 0) is 11.3 Å². The third-order valence-corrected chi connectivity index (χ3v) is 2.67. The van der Waals surface area contributed by atoms with Gasteiger partial charge in [-0.05, 0) is 17.7 Å². The Morgan fingerprint density at radius 3 is 2.65 bits per heavy atom. The van der Waals surface area contributed by atoms with E-state index >= 15 is 0 Å². The van der Waals surface area contributed by atoms with Crippen LogP contribution >= 0.6 is 0 Å². The van der Waals surface area contributed by atoms with Crippen molar-refractivity contribution in [2.75, 3.05) is 6.61 Å². The van der Waals surface area contributed by atoms with Crippen LogP contribution in [0, 0.1) is 0 Å². The van der Waals surface area contributed by atoms with Crippen molar-refractivity contribution in [3.8, 4) is 5.75 Å². The summed E-state index contributed by atoms with van der Waals surface area (Å²) < 4.78 is 10.8. The van der Waals surface area contributed by atoms with Gasteiger partial charge in [0.05, 0.1) is 18.5 Å². The molecule has 17 heavy (non-hydrogen) atoms. The number of aromatic nitrogens is 1. The van der Waals surface area contributed by atoms with Crippen LogP contribution in [0.3, 0.4) is 0 Å². The topological polar surface area (TPSA) is 34.6 Å². The number of hydrogen-bond acceptors (Lipinski definition) is 3. The number of epoxide rings is 1. The Balaban J connectivity index is 1.61. The standard InChI is InChI=1S/C14H13NO2/c1-2-4-11(5-3-1)9-16-12-6-7-13(15-8-12)14-10-17-14/h1-8,14H,9-10H2/t14-/m0/s1. The molecule has 0 aliphatic carbocycles. The average molecular weight is 227 g/mol. The van der Waals surface area contributed by atoms with Gasteiger partial charge in [0, 0.05) is 0 Å². The zero-order valence-corrected chi connectivity index (χ0v) is 9.37. The fourth-order valence-electron chi connectivity index (χ4n) is 1.63. The summed E-state index contributed by atoms with van der Waals surface area (Å²) in [7, 11) is 0. The number of benzene rings is 1. The average Bonchev–Trinajstić information content (AvgIpc) is 3.23. The van der Waals surface area contributed by atoms with E-state index in [2.05, 4.69) is 4.98 Å². The molecule has 3 rings (SSSR count). The first-order chi connectivity index (χ1) is 8.42. The Labute approximate surface area is 100 Å². The first kappa shape index (κ1) is 10.3. The fraction of sp³-hybridized carbons (Fsp3) is 0.214. The monoisotopic (exact) mass is 227 g/mol. The van der Waals surface area contributed by atoms with Crippen LogP contribution in [-0.4, -0.2) is 11.6 Å². The summed E-state index contributed by atoms with van der Waals surface area (Å²) in [6, 6.07) is 14.0. The van der Waals surface area contributed by atoms with E-state index in [9.17, 15) is 0 Å². The zero-order valence-electron chi connectivity index (χ0n) is 9.37. The van der Waals surface area contributed by atoms with Gasteiger partial charge in [0.25, 0.3) is 0 Å². The molecule has 3 nitrogen and oxygen atoms in total. The molecule has 0 saturated carbocycles. The molecule has 1 aromatic carbocycles. The maximum atomic E-state index is 5.64. The van der Waals surface area contributed by atoms with E-state index in [0.29, 0.717) is 6.61 Å². The Morgan fingerprint density at radius 2 is 2.00 bits per heavy atom. The molecule has 2 aromatic rings. The van der Waals surface area contributed by atoms with Gasteiger partial charge >= 0.3 is 0 Å². The van der Waals surface area contributed by atoms with Gasteiger partial charge in [0.15, 0.2) is 0 Å². The SMILES string of the molecule is c1ccc(COc2ccc([C@@H]3CO3)nc2)cc1. The first-order valence-corrected chi connectivity index (χ1v) is 5.66. The van der Waals surface area contributed by atoms with Crippen LogP contribution in [0.5, 0.6) is 5.75 Å². The van der Waals surface area contributed by atoms with Gasteiger partial charge < -0.3 is 9.47 Å². The van der Waals surface area contributed by atoms with E-state index in [-0.39, 0.29) is 6.10 Å². The summed E-state index contributed by atoms with van der Waals surface area (Å²) in [5, 5.41) is 0. The van der Waals surface area contributed by atoms with Crippen molar-refractivity contribution in [1.82, 2.24) is 4.98 Å². The Kier molecular flexibility index (Phi) is 2.76. The third kappa shape index (κ3) is 2.63. The van der Waals surface area contributed by atoms with Gasteiger partial charge in [-0.2, -0.15) is 0 Å². The highest BCUT2D eigenvalue weighted by Gasteiger charge is 2.25. The summed E-state index contributed by atoms with van der Waals surface area (Å²) in [4.78, 5) is 4.30. The summed E-state index contributed by atoms with van der Waals surface area (Å²) in [5.74, 6) is 0.790. The van der Waals surface area contributed by atoms with Crippen LogP contribution in [0.25, 0.3) is 0 Å². The number of ether oxygens (including phenoxy) is 2. The molecule has 1 fully saturated rings. The van der Waals surface area contributed by atoms with Gasteiger partial charge in [-0.1, -0.05) is 30.3 Å². The molecule has 86 valence electrons. The van der Waals surface area contributed by atoms with E-state index in [0.717, 1.165) is 23.6 Å². The number of rotatable bonds is 4. The molecule has 1 aliphatic heterocycles.